The Labute approximate surface area is 178 Å². The van der Waals surface area contributed by atoms with Crippen molar-refractivity contribution in [3.63, 3.8) is 0 Å². The largest absolute Gasteiger partial charge is 0.461 e. The van der Waals surface area contributed by atoms with Crippen molar-refractivity contribution in [1.82, 2.24) is 9.97 Å². The molecule has 2 aromatic carbocycles. The van der Waals surface area contributed by atoms with Crippen LogP contribution in [0, 0.1) is 0 Å². The van der Waals surface area contributed by atoms with Gasteiger partial charge in [0.1, 0.15) is 5.69 Å². The number of anilines is 1. The van der Waals surface area contributed by atoms with Gasteiger partial charge in [-0.2, -0.15) is 5.10 Å². The maximum atomic E-state index is 12.0. The van der Waals surface area contributed by atoms with Gasteiger partial charge in [0.2, 0.25) is 5.13 Å². The lowest BCUT2D eigenvalue weighted by molar-refractivity contribution is 0.0519. The lowest BCUT2D eigenvalue weighted by Crippen LogP contribution is -2.07. The molecule has 0 aliphatic rings. The summed E-state index contributed by atoms with van der Waals surface area (Å²) in [4.78, 5) is 20.9. The summed E-state index contributed by atoms with van der Waals surface area (Å²) < 4.78 is 6.16. The third kappa shape index (κ3) is 4.36. The second kappa shape index (κ2) is 8.84. The number of nitrogens with zero attached hydrogens (tertiary/aromatic N) is 3. The first-order chi connectivity index (χ1) is 14.6. The Balaban J connectivity index is 1.56. The summed E-state index contributed by atoms with van der Waals surface area (Å²) in [5.74, 6) is -0.423. The van der Waals surface area contributed by atoms with Gasteiger partial charge in [-0.15, -0.1) is 0 Å². The van der Waals surface area contributed by atoms with Gasteiger partial charge < -0.3 is 4.74 Å². The normalized spacial score (nSPS) is 11.5. The van der Waals surface area contributed by atoms with E-state index in [0.29, 0.717) is 18.0 Å². The molecule has 1 N–H and O–H groups in total. The molecule has 0 atom stereocenters. The highest BCUT2D eigenvalue weighted by Gasteiger charge is 2.10. The minimum Gasteiger partial charge on any atom is -0.461 e. The van der Waals surface area contributed by atoms with Gasteiger partial charge in [-0.3, -0.25) is 5.43 Å². The van der Waals surface area contributed by atoms with E-state index in [1.807, 2.05) is 61.5 Å². The summed E-state index contributed by atoms with van der Waals surface area (Å²) in [6, 6.07) is 21.2. The molecule has 0 spiro atoms. The summed E-state index contributed by atoms with van der Waals surface area (Å²) in [7, 11) is 0. The monoisotopic (exact) mass is 416 g/mol. The van der Waals surface area contributed by atoms with Crippen LogP contribution in [0.4, 0.5) is 5.13 Å². The molecule has 0 aliphatic heterocycles. The number of carbonyl (C=O) groups is 1. The van der Waals surface area contributed by atoms with Crippen molar-refractivity contribution in [3.8, 4) is 11.3 Å². The van der Waals surface area contributed by atoms with Crippen LogP contribution in [0.15, 0.2) is 71.8 Å². The van der Waals surface area contributed by atoms with E-state index < -0.39 is 5.97 Å². The number of esters is 1. The minimum atomic E-state index is -0.423. The van der Waals surface area contributed by atoms with E-state index in [1.54, 1.807) is 30.4 Å². The Kier molecular flexibility index (Phi) is 5.81. The molecule has 6 nitrogen and oxygen atoms in total. The molecule has 4 aromatic rings. The SMILES string of the molecule is CCOC(=O)c1cccc(-c2cccc(/C(C)=N\Nc3nc4ccccc4s3)c2)n1. The number of hydrogen-bond acceptors (Lipinski definition) is 7. The molecule has 0 bridgehead atoms. The fraction of sp³-hybridized carbons (Fsp3) is 0.130. The number of benzene rings is 2. The van der Waals surface area contributed by atoms with Gasteiger partial charge in [-0.05, 0) is 49.7 Å². The van der Waals surface area contributed by atoms with Gasteiger partial charge in [-0.1, -0.05) is 47.7 Å². The van der Waals surface area contributed by atoms with Crippen LogP contribution in [0.1, 0.15) is 29.9 Å². The molecule has 4 rings (SSSR count). The van der Waals surface area contributed by atoms with E-state index in [2.05, 4.69) is 20.5 Å². The number of hydrazone groups is 1. The molecule has 0 aliphatic carbocycles. The zero-order valence-electron chi connectivity index (χ0n) is 16.6. The molecule has 0 saturated heterocycles. The number of ether oxygens (including phenoxy) is 1. The standard InChI is InChI=1S/C23H20N4O2S/c1-3-29-22(28)20-12-7-11-18(24-20)17-9-6-8-16(14-17)15(2)26-27-23-25-19-10-4-5-13-21(19)30-23/h4-14H,3H2,1-2H3,(H,25,27)/b26-15-. The molecule has 30 heavy (non-hydrogen) atoms. The Hall–Kier alpha value is -3.58. The first-order valence-corrected chi connectivity index (χ1v) is 10.4. The highest BCUT2D eigenvalue weighted by Crippen LogP contribution is 2.25. The molecule has 2 heterocycles. The molecule has 7 heteroatoms. The van der Waals surface area contributed by atoms with Crippen LogP contribution in [-0.4, -0.2) is 28.3 Å². The van der Waals surface area contributed by atoms with Crippen LogP contribution in [0.25, 0.3) is 21.5 Å². The summed E-state index contributed by atoms with van der Waals surface area (Å²) >= 11 is 1.56. The van der Waals surface area contributed by atoms with Crippen molar-refractivity contribution in [2.45, 2.75) is 13.8 Å². The van der Waals surface area contributed by atoms with Crippen LogP contribution in [0.2, 0.25) is 0 Å². The lowest BCUT2D eigenvalue weighted by atomic mass is 10.0. The van der Waals surface area contributed by atoms with Crippen molar-refractivity contribution in [2.24, 2.45) is 5.10 Å². The van der Waals surface area contributed by atoms with Gasteiger partial charge >= 0.3 is 5.97 Å². The number of thiazole rings is 1. The van der Waals surface area contributed by atoms with E-state index in [-0.39, 0.29) is 0 Å². The van der Waals surface area contributed by atoms with Gasteiger partial charge in [-0.25, -0.2) is 14.8 Å². The topological polar surface area (TPSA) is 76.5 Å². The predicted octanol–water partition coefficient (Wildman–Crippen LogP) is 5.37. The van der Waals surface area contributed by atoms with Crippen molar-refractivity contribution >= 4 is 38.4 Å². The number of rotatable bonds is 6. The zero-order chi connectivity index (χ0) is 20.9. The van der Waals surface area contributed by atoms with Crippen LogP contribution < -0.4 is 5.43 Å². The van der Waals surface area contributed by atoms with Crippen molar-refractivity contribution < 1.29 is 9.53 Å². The predicted molar refractivity (Wildman–Crippen MR) is 121 cm³/mol. The van der Waals surface area contributed by atoms with Crippen LogP contribution in [0.3, 0.4) is 0 Å². The van der Waals surface area contributed by atoms with Crippen LogP contribution in [-0.2, 0) is 4.74 Å². The maximum Gasteiger partial charge on any atom is 0.356 e. The van der Waals surface area contributed by atoms with Crippen molar-refractivity contribution in [2.75, 3.05) is 12.0 Å². The molecule has 0 saturated carbocycles. The zero-order valence-corrected chi connectivity index (χ0v) is 17.4. The number of nitrogens with one attached hydrogen (secondary N) is 1. The molecular weight excluding hydrogens is 396 g/mol. The Morgan fingerprint density at radius 2 is 1.90 bits per heavy atom. The smallest absolute Gasteiger partial charge is 0.356 e. The summed E-state index contributed by atoms with van der Waals surface area (Å²) in [5.41, 5.74) is 7.66. The summed E-state index contributed by atoms with van der Waals surface area (Å²) in [6.07, 6.45) is 0. The van der Waals surface area contributed by atoms with Crippen LogP contribution >= 0.6 is 11.3 Å². The van der Waals surface area contributed by atoms with Gasteiger partial charge in [0.05, 0.1) is 28.2 Å². The highest BCUT2D eigenvalue weighted by atomic mass is 32.1. The van der Waals surface area contributed by atoms with Crippen LogP contribution in [0.5, 0.6) is 0 Å². The third-order valence-corrected chi connectivity index (χ3v) is 5.36. The molecule has 0 radical (unpaired) electrons. The van der Waals surface area contributed by atoms with Crippen molar-refractivity contribution in [1.29, 1.82) is 0 Å². The first kappa shape index (κ1) is 19.7. The third-order valence-electron chi connectivity index (χ3n) is 4.42. The number of para-hydroxylation sites is 1. The van der Waals surface area contributed by atoms with Gasteiger partial charge in [0.25, 0.3) is 0 Å². The van der Waals surface area contributed by atoms with E-state index in [1.165, 1.54) is 0 Å². The Bertz CT molecular complexity index is 1200. The van der Waals surface area contributed by atoms with E-state index >= 15 is 0 Å². The maximum absolute atomic E-state index is 12.0. The molecule has 0 fully saturated rings. The number of aromatic nitrogens is 2. The molecular formula is C23H20N4O2S. The van der Waals surface area contributed by atoms with E-state index in [9.17, 15) is 4.79 Å². The quantitative estimate of drug-likeness (QED) is 0.260. The molecule has 0 unspecified atom stereocenters. The number of carbonyl (C=O) groups excluding carboxylic acids is 1. The lowest BCUT2D eigenvalue weighted by Gasteiger charge is -2.07. The minimum absolute atomic E-state index is 0.294. The van der Waals surface area contributed by atoms with Crippen molar-refractivity contribution in [3.05, 3.63) is 78.0 Å². The van der Waals surface area contributed by atoms with Gasteiger partial charge in [0.15, 0.2) is 0 Å². The second-order valence-corrected chi connectivity index (χ2v) is 7.54. The summed E-state index contributed by atoms with van der Waals surface area (Å²) in [6.45, 7) is 4.02. The summed E-state index contributed by atoms with van der Waals surface area (Å²) in [5, 5.41) is 5.23. The average Bonchev–Trinajstić information content (AvgIpc) is 3.21. The Morgan fingerprint density at radius 3 is 2.73 bits per heavy atom. The second-order valence-electron chi connectivity index (χ2n) is 6.51. The number of hydrogen-bond donors (Lipinski definition) is 1. The fourth-order valence-corrected chi connectivity index (χ4v) is 3.74. The fourth-order valence-electron chi connectivity index (χ4n) is 2.93. The molecule has 2 aromatic heterocycles. The van der Waals surface area contributed by atoms with E-state index in [0.717, 1.165) is 32.2 Å². The molecule has 150 valence electrons. The average molecular weight is 417 g/mol. The van der Waals surface area contributed by atoms with E-state index in [4.69, 9.17) is 4.74 Å². The first-order valence-electron chi connectivity index (χ1n) is 9.55. The molecule has 0 amide bonds. The Morgan fingerprint density at radius 1 is 1.07 bits per heavy atom. The van der Waals surface area contributed by atoms with Gasteiger partial charge in [0, 0.05) is 5.56 Å². The number of pyridine rings is 1. The number of fused-ring (bicyclic) bond motifs is 1. The highest BCUT2D eigenvalue weighted by molar-refractivity contribution is 7.22.